The molecule has 0 aliphatic carbocycles. The van der Waals surface area contributed by atoms with E-state index in [9.17, 15) is 4.79 Å². The lowest BCUT2D eigenvalue weighted by atomic mass is 10.2. The van der Waals surface area contributed by atoms with Crippen LogP contribution in [-0.4, -0.2) is 31.2 Å². The topological polar surface area (TPSA) is 73.6 Å². The highest BCUT2D eigenvalue weighted by Gasteiger charge is 2.10. The zero-order chi connectivity index (χ0) is 18.2. The number of amides is 1. The molecule has 0 unspecified atom stereocenters. The monoisotopic (exact) mass is 352 g/mol. The Bertz CT molecular complexity index is 846. The van der Waals surface area contributed by atoms with Crippen molar-refractivity contribution in [3.8, 4) is 23.0 Å². The van der Waals surface area contributed by atoms with Crippen LogP contribution in [0.4, 0.5) is 0 Å². The van der Waals surface area contributed by atoms with Crippen LogP contribution in [-0.2, 0) is 11.2 Å². The zero-order valence-electron chi connectivity index (χ0n) is 14.5. The zero-order valence-corrected chi connectivity index (χ0v) is 14.5. The second-order valence-corrected chi connectivity index (χ2v) is 5.56. The summed E-state index contributed by atoms with van der Waals surface area (Å²) in [5, 5.41) is 2.80. The molecule has 1 heterocycles. The lowest BCUT2D eigenvalue weighted by Crippen LogP contribution is -2.29. The quantitative estimate of drug-likeness (QED) is 0.631. The molecule has 0 fully saturated rings. The summed E-state index contributed by atoms with van der Waals surface area (Å²) in [5.74, 6) is 1.80. The maximum atomic E-state index is 12.0. The summed E-state index contributed by atoms with van der Waals surface area (Å²) in [6.07, 6.45) is 1.67. The van der Waals surface area contributed by atoms with Gasteiger partial charge in [-0.3, -0.25) is 4.79 Å². The maximum Gasteiger partial charge on any atom is 0.226 e. The largest absolute Gasteiger partial charge is 0.497 e. The smallest absolute Gasteiger partial charge is 0.226 e. The molecule has 0 spiro atoms. The lowest BCUT2D eigenvalue weighted by molar-refractivity contribution is -0.120. The Labute approximate surface area is 151 Å². The van der Waals surface area contributed by atoms with E-state index in [0.717, 1.165) is 11.3 Å². The van der Waals surface area contributed by atoms with Crippen LogP contribution in [0.2, 0.25) is 0 Å². The molecular formula is C20H20N2O4. The summed E-state index contributed by atoms with van der Waals surface area (Å²) in [4.78, 5) is 16.3. The second-order valence-electron chi connectivity index (χ2n) is 5.56. The van der Waals surface area contributed by atoms with E-state index in [4.69, 9.17) is 13.9 Å². The van der Waals surface area contributed by atoms with Gasteiger partial charge in [-0.2, -0.15) is 0 Å². The average Bonchev–Trinajstić information content (AvgIpc) is 3.14. The molecule has 0 aliphatic heterocycles. The first kappa shape index (κ1) is 17.5. The summed E-state index contributed by atoms with van der Waals surface area (Å²) in [5.41, 5.74) is 1.47. The van der Waals surface area contributed by atoms with Crippen molar-refractivity contribution in [3.63, 3.8) is 0 Å². The lowest BCUT2D eigenvalue weighted by Gasteiger charge is -2.08. The highest BCUT2D eigenvalue weighted by molar-refractivity contribution is 5.78. The van der Waals surface area contributed by atoms with Gasteiger partial charge in [0.1, 0.15) is 24.4 Å². The van der Waals surface area contributed by atoms with Crippen LogP contribution in [0.3, 0.4) is 0 Å². The minimum absolute atomic E-state index is 0.132. The van der Waals surface area contributed by atoms with Gasteiger partial charge in [-0.1, -0.05) is 24.3 Å². The van der Waals surface area contributed by atoms with Crippen molar-refractivity contribution in [3.05, 3.63) is 66.6 Å². The van der Waals surface area contributed by atoms with Crippen molar-refractivity contribution in [1.29, 1.82) is 0 Å². The molecule has 1 N–H and O–H groups in total. The highest BCUT2D eigenvalue weighted by Crippen LogP contribution is 2.19. The highest BCUT2D eigenvalue weighted by atomic mass is 16.5. The van der Waals surface area contributed by atoms with Gasteiger partial charge < -0.3 is 19.2 Å². The van der Waals surface area contributed by atoms with E-state index in [-0.39, 0.29) is 12.3 Å². The Morgan fingerprint density at radius 3 is 2.73 bits per heavy atom. The van der Waals surface area contributed by atoms with Gasteiger partial charge in [0.05, 0.1) is 25.8 Å². The molecule has 0 aliphatic rings. The minimum atomic E-state index is -0.132. The number of carbonyl (C=O) groups excluding carboxylic acids is 1. The summed E-state index contributed by atoms with van der Waals surface area (Å²) >= 11 is 0. The number of hydrogen-bond acceptors (Lipinski definition) is 5. The van der Waals surface area contributed by atoms with E-state index in [1.54, 1.807) is 13.2 Å². The molecule has 6 heteroatoms. The van der Waals surface area contributed by atoms with Crippen molar-refractivity contribution >= 4 is 5.91 Å². The number of oxazole rings is 1. The molecule has 3 rings (SSSR count). The SMILES string of the molecule is COc1cccc(OCCNC(=O)Cc2coc(-c3ccccc3)n2)c1. The number of ether oxygens (including phenoxy) is 2. The number of nitrogens with one attached hydrogen (secondary N) is 1. The third-order valence-electron chi connectivity index (χ3n) is 3.65. The van der Waals surface area contributed by atoms with Gasteiger partial charge in [-0.05, 0) is 24.3 Å². The van der Waals surface area contributed by atoms with Crippen LogP contribution >= 0.6 is 0 Å². The first-order chi connectivity index (χ1) is 12.7. The van der Waals surface area contributed by atoms with E-state index in [0.29, 0.717) is 30.5 Å². The van der Waals surface area contributed by atoms with Crippen LogP contribution in [0.15, 0.2) is 65.3 Å². The Morgan fingerprint density at radius 2 is 1.92 bits per heavy atom. The Morgan fingerprint density at radius 1 is 1.12 bits per heavy atom. The first-order valence-electron chi connectivity index (χ1n) is 8.28. The number of benzene rings is 2. The molecule has 0 bridgehead atoms. The predicted molar refractivity (Wildman–Crippen MR) is 97.1 cm³/mol. The van der Waals surface area contributed by atoms with Gasteiger partial charge in [0, 0.05) is 11.6 Å². The fourth-order valence-corrected chi connectivity index (χ4v) is 2.38. The third kappa shape index (κ3) is 4.86. The second kappa shape index (κ2) is 8.71. The van der Waals surface area contributed by atoms with Gasteiger partial charge in [0.15, 0.2) is 0 Å². The van der Waals surface area contributed by atoms with Gasteiger partial charge in [0.2, 0.25) is 11.8 Å². The molecule has 1 amide bonds. The third-order valence-corrected chi connectivity index (χ3v) is 3.65. The van der Waals surface area contributed by atoms with E-state index in [2.05, 4.69) is 10.3 Å². The normalized spacial score (nSPS) is 10.3. The standard InChI is InChI=1S/C20H20N2O4/c1-24-17-8-5-9-18(13-17)25-11-10-21-19(23)12-16-14-26-20(22-16)15-6-3-2-4-7-15/h2-9,13-14H,10-12H2,1H3,(H,21,23). The Kier molecular flexibility index (Phi) is 5.88. The van der Waals surface area contributed by atoms with E-state index < -0.39 is 0 Å². The summed E-state index contributed by atoms with van der Waals surface area (Å²) in [7, 11) is 1.60. The van der Waals surface area contributed by atoms with Crippen LogP contribution < -0.4 is 14.8 Å². The van der Waals surface area contributed by atoms with E-state index in [1.165, 1.54) is 6.26 Å². The molecule has 0 saturated carbocycles. The van der Waals surface area contributed by atoms with Crippen LogP contribution in [0.5, 0.6) is 11.5 Å². The molecule has 3 aromatic rings. The molecule has 26 heavy (non-hydrogen) atoms. The van der Waals surface area contributed by atoms with Crippen molar-refractivity contribution < 1.29 is 18.7 Å². The van der Waals surface area contributed by atoms with Gasteiger partial charge >= 0.3 is 0 Å². The first-order valence-corrected chi connectivity index (χ1v) is 8.28. The number of nitrogens with zero attached hydrogens (tertiary/aromatic N) is 1. The number of methoxy groups -OCH3 is 1. The fourth-order valence-electron chi connectivity index (χ4n) is 2.38. The molecule has 134 valence electrons. The summed E-state index contributed by atoms with van der Waals surface area (Å²) < 4.78 is 16.1. The fraction of sp³-hybridized carbons (Fsp3) is 0.200. The molecule has 6 nitrogen and oxygen atoms in total. The molecular weight excluding hydrogens is 332 g/mol. The Hall–Kier alpha value is -3.28. The van der Waals surface area contributed by atoms with Crippen LogP contribution in [0.25, 0.3) is 11.5 Å². The molecule has 0 saturated heterocycles. The van der Waals surface area contributed by atoms with Crippen molar-refractivity contribution in [2.24, 2.45) is 0 Å². The molecule has 0 radical (unpaired) electrons. The van der Waals surface area contributed by atoms with Gasteiger partial charge in [-0.25, -0.2) is 4.98 Å². The minimum Gasteiger partial charge on any atom is -0.497 e. The average molecular weight is 352 g/mol. The van der Waals surface area contributed by atoms with Crippen molar-refractivity contribution in [2.45, 2.75) is 6.42 Å². The van der Waals surface area contributed by atoms with Crippen LogP contribution in [0.1, 0.15) is 5.69 Å². The van der Waals surface area contributed by atoms with Gasteiger partial charge in [0.25, 0.3) is 0 Å². The number of hydrogen-bond donors (Lipinski definition) is 1. The molecule has 0 atom stereocenters. The molecule has 1 aromatic heterocycles. The molecule has 2 aromatic carbocycles. The van der Waals surface area contributed by atoms with Gasteiger partial charge in [-0.15, -0.1) is 0 Å². The number of rotatable bonds is 8. The van der Waals surface area contributed by atoms with Crippen molar-refractivity contribution in [1.82, 2.24) is 10.3 Å². The predicted octanol–water partition coefficient (Wildman–Crippen LogP) is 3.09. The summed E-state index contributed by atoms with van der Waals surface area (Å²) in [6, 6.07) is 16.9. The van der Waals surface area contributed by atoms with E-state index in [1.807, 2.05) is 48.5 Å². The van der Waals surface area contributed by atoms with E-state index >= 15 is 0 Å². The Balaban J connectivity index is 1.42. The summed E-state index contributed by atoms with van der Waals surface area (Å²) in [6.45, 7) is 0.770. The van der Waals surface area contributed by atoms with Crippen molar-refractivity contribution in [2.75, 3.05) is 20.3 Å². The van der Waals surface area contributed by atoms with Crippen LogP contribution in [0, 0.1) is 0 Å². The number of carbonyl (C=O) groups is 1. The maximum absolute atomic E-state index is 12.0. The number of aromatic nitrogens is 1.